The Morgan fingerprint density at radius 3 is 2.53 bits per heavy atom. The van der Waals surface area contributed by atoms with Crippen molar-refractivity contribution in [3.8, 4) is 0 Å². The van der Waals surface area contributed by atoms with Crippen LogP contribution in [-0.2, 0) is 27.8 Å². The number of ether oxygens (including phenoxy) is 1. The lowest BCUT2D eigenvalue weighted by molar-refractivity contribution is -0.135. The molecule has 3 saturated heterocycles. The van der Waals surface area contributed by atoms with Crippen molar-refractivity contribution in [3.05, 3.63) is 70.2 Å². The average Bonchev–Trinajstić information content (AvgIpc) is 3.97. The topological polar surface area (TPSA) is 186 Å². The fourth-order valence-corrected chi connectivity index (χ4v) is 10.1. The summed E-state index contributed by atoms with van der Waals surface area (Å²) in [6.07, 6.45) is 10.5. The Morgan fingerprint density at radius 2 is 1.80 bits per heavy atom. The van der Waals surface area contributed by atoms with E-state index in [1.54, 1.807) is 22.5 Å². The van der Waals surface area contributed by atoms with Crippen LogP contribution in [-0.4, -0.2) is 112 Å². The van der Waals surface area contributed by atoms with E-state index >= 15 is 0 Å². The summed E-state index contributed by atoms with van der Waals surface area (Å²) < 4.78 is 41.1. The molecule has 342 valence electrons. The van der Waals surface area contributed by atoms with Gasteiger partial charge in [-0.2, -0.15) is 10.2 Å². The van der Waals surface area contributed by atoms with E-state index < -0.39 is 35.6 Å². The van der Waals surface area contributed by atoms with Crippen LogP contribution < -0.4 is 21.2 Å². The SMILES string of the molecule is Cn1c(=O)n(C2CCC(=O)NC2=O)c2cccc(CCCOC3CCN(C[C@H]4CC[C@H](n5cc(NC(=O)c6cnn7ccc(N8CCC(C)(O)CC8)nc67)c(C(F)F)n5)CC4)CC3)c21. The lowest BCUT2D eigenvalue weighted by Gasteiger charge is -2.36. The molecule has 1 aliphatic carbocycles. The van der Waals surface area contributed by atoms with Gasteiger partial charge in [-0.05, 0) is 101 Å². The van der Waals surface area contributed by atoms with Crippen LogP contribution in [0.3, 0.4) is 0 Å². The number of hydrogen-bond acceptors (Lipinski definition) is 11. The van der Waals surface area contributed by atoms with Crippen molar-refractivity contribution >= 4 is 45.9 Å². The number of aromatic nitrogens is 7. The van der Waals surface area contributed by atoms with Gasteiger partial charge < -0.3 is 25.0 Å². The number of halogens is 2. The van der Waals surface area contributed by atoms with Crippen molar-refractivity contribution in [2.75, 3.05) is 49.5 Å². The molecule has 64 heavy (non-hydrogen) atoms. The van der Waals surface area contributed by atoms with Gasteiger partial charge in [0.05, 0.1) is 40.7 Å². The maximum absolute atomic E-state index is 14.3. The molecule has 1 aromatic carbocycles. The summed E-state index contributed by atoms with van der Waals surface area (Å²) in [6.45, 7) is 6.53. The van der Waals surface area contributed by atoms with E-state index in [-0.39, 0.29) is 41.4 Å². The fraction of sp³-hybridized carbons (Fsp3) is 0.578. The zero-order valence-corrected chi connectivity index (χ0v) is 36.4. The van der Waals surface area contributed by atoms with E-state index in [0.29, 0.717) is 61.9 Å². The smallest absolute Gasteiger partial charge is 0.329 e. The van der Waals surface area contributed by atoms with Gasteiger partial charge >= 0.3 is 5.69 Å². The third-order valence-corrected chi connectivity index (χ3v) is 13.9. The van der Waals surface area contributed by atoms with E-state index in [4.69, 9.17) is 9.72 Å². The first-order chi connectivity index (χ1) is 30.8. The minimum Gasteiger partial charge on any atom is -0.390 e. The Bertz CT molecular complexity index is 2570. The van der Waals surface area contributed by atoms with E-state index in [1.807, 2.05) is 36.1 Å². The summed E-state index contributed by atoms with van der Waals surface area (Å²) in [5.74, 6) is -0.205. The normalized spacial score (nSPS) is 22.5. The highest BCUT2D eigenvalue weighted by molar-refractivity contribution is 6.08. The van der Waals surface area contributed by atoms with Gasteiger partial charge in [0.25, 0.3) is 12.3 Å². The highest BCUT2D eigenvalue weighted by Crippen LogP contribution is 2.36. The van der Waals surface area contributed by atoms with E-state index in [9.17, 15) is 33.1 Å². The molecule has 19 heteroatoms. The molecule has 9 rings (SSSR count). The molecule has 4 fully saturated rings. The highest BCUT2D eigenvalue weighted by atomic mass is 19.3. The predicted molar refractivity (Wildman–Crippen MR) is 234 cm³/mol. The number of anilines is 2. The zero-order chi connectivity index (χ0) is 44.7. The van der Waals surface area contributed by atoms with Gasteiger partial charge in [0.2, 0.25) is 11.8 Å². The minimum atomic E-state index is -2.87. The summed E-state index contributed by atoms with van der Waals surface area (Å²) in [5.41, 5.74) is 1.51. The number of rotatable bonds is 13. The number of imidazole rings is 1. The standard InChI is InChI=1S/C45H57F2N11O6/c1-45(63)17-22-55(23-18-45)36-16-21-56-41(50-36)32(25-48-56)42(60)49-33-27-57(52-38(33)40(46)47)30-10-8-28(9-11-30)26-54-19-14-31(15-20-54)64-24-4-6-29-5-3-7-34-39(29)53(2)44(62)58(34)35-12-13-37(59)51-43(35)61/h3,5,7,16,21,25,27-28,30-31,35,40,63H,4,6,8-15,17-20,22-24,26H2,1-2H3,(H,49,60)(H,51,59,61)/t28-,30-,35?. The van der Waals surface area contributed by atoms with Crippen LogP contribution in [0.5, 0.6) is 0 Å². The predicted octanol–water partition coefficient (Wildman–Crippen LogP) is 4.94. The third-order valence-electron chi connectivity index (χ3n) is 13.9. The van der Waals surface area contributed by atoms with Crippen LogP contribution in [0.25, 0.3) is 16.7 Å². The third kappa shape index (κ3) is 9.06. The molecule has 4 aromatic heterocycles. The summed E-state index contributed by atoms with van der Waals surface area (Å²) in [4.78, 5) is 60.4. The number of piperidine rings is 3. The van der Waals surface area contributed by atoms with Gasteiger partial charge in [-0.25, -0.2) is 23.1 Å². The molecule has 0 spiro atoms. The van der Waals surface area contributed by atoms with Crippen LogP contribution in [0.2, 0.25) is 0 Å². The van der Waals surface area contributed by atoms with Crippen LogP contribution in [0.4, 0.5) is 20.3 Å². The van der Waals surface area contributed by atoms with Crippen LogP contribution in [0.15, 0.2) is 47.7 Å². The number of para-hydroxylation sites is 1. The first-order valence-electron chi connectivity index (χ1n) is 22.7. The molecule has 1 atom stereocenters. The lowest BCUT2D eigenvalue weighted by Crippen LogP contribution is -2.44. The zero-order valence-electron chi connectivity index (χ0n) is 36.4. The number of hydrogen-bond donors (Lipinski definition) is 3. The van der Waals surface area contributed by atoms with Crippen LogP contribution in [0, 0.1) is 5.92 Å². The molecule has 3 aliphatic heterocycles. The molecule has 3 amide bonds. The number of alkyl halides is 2. The number of aliphatic hydroxyl groups is 1. The second-order valence-electron chi connectivity index (χ2n) is 18.4. The quantitative estimate of drug-likeness (QED) is 0.107. The van der Waals surface area contributed by atoms with Crippen molar-refractivity contribution in [1.82, 2.24) is 43.7 Å². The van der Waals surface area contributed by atoms with Crippen molar-refractivity contribution in [2.45, 2.75) is 114 Å². The number of nitrogens with one attached hydrogen (secondary N) is 2. The van der Waals surface area contributed by atoms with Gasteiger partial charge in [0, 0.05) is 65.2 Å². The summed E-state index contributed by atoms with van der Waals surface area (Å²) >= 11 is 0. The van der Waals surface area contributed by atoms with Gasteiger partial charge in [-0.3, -0.25) is 33.5 Å². The lowest BCUT2D eigenvalue weighted by atomic mass is 9.85. The molecule has 7 heterocycles. The number of imide groups is 1. The van der Waals surface area contributed by atoms with Crippen molar-refractivity contribution in [3.63, 3.8) is 0 Å². The maximum atomic E-state index is 14.3. The van der Waals surface area contributed by atoms with Crippen LogP contribution in [0.1, 0.15) is 118 Å². The number of carbonyl (C=O) groups excluding carboxylic acids is 3. The first kappa shape index (κ1) is 43.7. The molecule has 1 unspecified atom stereocenters. The monoisotopic (exact) mass is 885 g/mol. The summed E-state index contributed by atoms with van der Waals surface area (Å²) in [5, 5.41) is 24.0. The van der Waals surface area contributed by atoms with Crippen molar-refractivity contribution < 1.29 is 33.0 Å². The van der Waals surface area contributed by atoms with E-state index in [0.717, 1.165) is 82.1 Å². The Hall–Kier alpha value is -5.53. The van der Waals surface area contributed by atoms with Gasteiger partial charge in [0.1, 0.15) is 17.4 Å². The average molecular weight is 886 g/mol. The first-order valence-corrected chi connectivity index (χ1v) is 22.7. The van der Waals surface area contributed by atoms with E-state index in [2.05, 4.69) is 25.7 Å². The molecule has 17 nitrogen and oxygen atoms in total. The number of likely N-dealkylation sites (tertiary alicyclic amines) is 1. The van der Waals surface area contributed by atoms with Crippen LogP contribution >= 0.6 is 0 Å². The summed E-state index contributed by atoms with van der Waals surface area (Å²) in [7, 11) is 1.72. The molecular weight excluding hydrogens is 829 g/mol. The molecule has 1 saturated carbocycles. The number of carbonyl (C=O) groups is 3. The van der Waals surface area contributed by atoms with Gasteiger partial charge in [-0.15, -0.1) is 0 Å². The Balaban J connectivity index is 0.730. The molecule has 5 aromatic rings. The number of benzene rings is 1. The Morgan fingerprint density at radius 1 is 1.03 bits per heavy atom. The summed E-state index contributed by atoms with van der Waals surface area (Å²) in [6, 6.07) is 6.82. The fourth-order valence-electron chi connectivity index (χ4n) is 10.1. The van der Waals surface area contributed by atoms with Crippen molar-refractivity contribution in [1.29, 1.82) is 0 Å². The van der Waals surface area contributed by atoms with E-state index in [1.165, 1.54) is 21.5 Å². The second kappa shape index (κ2) is 18.2. The molecule has 0 radical (unpaired) electrons. The van der Waals surface area contributed by atoms with Gasteiger partial charge in [-0.1, -0.05) is 12.1 Å². The largest absolute Gasteiger partial charge is 0.390 e. The van der Waals surface area contributed by atoms with Crippen molar-refractivity contribution in [2.24, 2.45) is 13.0 Å². The number of amides is 3. The number of aryl methyl sites for hydroxylation is 2. The molecule has 3 N–H and O–H groups in total. The Kier molecular flexibility index (Phi) is 12.4. The molecule has 0 bridgehead atoms. The maximum Gasteiger partial charge on any atom is 0.329 e. The highest BCUT2D eigenvalue weighted by Gasteiger charge is 2.33. The molecular formula is C45H57F2N11O6. The van der Waals surface area contributed by atoms with Gasteiger partial charge in [0.15, 0.2) is 11.3 Å². The number of fused-ring (bicyclic) bond motifs is 2. The number of nitrogens with zero attached hydrogens (tertiary/aromatic N) is 9. The minimum absolute atomic E-state index is 0.0213. The second-order valence-corrected chi connectivity index (χ2v) is 18.4. The Labute approximate surface area is 368 Å². The molecule has 4 aliphatic rings.